The minimum atomic E-state index is -0.724. The lowest BCUT2D eigenvalue weighted by atomic mass is 10.1. The van der Waals surface area contributed by atoms with Gasteiger partial charge in [0.15, 0.2) is 11.6 Å². The molecule has 0 spiro atoms. The molecule has 29 heavy (non-hydrogen) atoms. The fraction of sp³-hybridized carbons (Fsp3) is 0.250. The van der Waals surface area contributed by atoms with Crippen LogP contribution in [0.25, 0.3) is 10.9 Å². The van der Waals surface area contributed by atoms with Crippen LogP contribution in [0.2, 0.25) is 5.02 Å². The SMILES string of the molecule is CCN1C(=O)N(Cc2ccc(OC)cc2)c2c(F)c(Cl)cc3c2c1nc(=O)n3C. The fourth-order valence-corrected chi connectivity index (χ4v) is 3.73. The molecule has 0 radical (unpaired) electrons. The first kappa shape index (κ1) is 19.2. The number of anilines is 2. The summed E-state index contributed by atoms with van der Waals surface area (Å²) in [5.74, 6) is 0.0976. The molecule has 2 amide bonds. The van der Waals surface area contributed by atoms with Crippen LogP contribution in [0.15, 0.2) is 35.1 Å². The van der Waals surface area contributed by atoms with E-state index < -0.39 is 17.5 Å². The van der Waals surface area contributed by atoms with Gasteiger partial charge in [-0.3, -0.25) is 14.4 Å². The molecule has 0 atom stereocenters. The Labute approximate surface area is 170 Å². The van der Waals surface area contributed by atoms with Gasteiger partial charge in [0.1, 0.15) is 5.75 Å². The lowest BCUT2D eigenvalue weighted by Gasteiger charge is -2.36. The molecule has 0 bridgehead atoms. The number of nitrogens with zero attached hydrogens (tertiary/aromatic N) is 4. The summed E-state index contributed by atoms with van der Waals surface area (Å²) in [5, 5.41) is 0.209. The number of hydrogen-bond acceptors (Lipinski definition) is 4. The van der Waals surface area contributed by atoms with E-state index in [0.29, 0.717) is 16.7 Å². The van der Waals surface area contributed by atoms with Crippen molar-refractivity contribution in [2.24, 2.45) is 7.05 Å². The Hall–Kier alpha value is -3.13. The predicted octanol–water partition coefficient (Wildman–Crippen LogP) is 3.70. The molecule has 0 N–H and O–H groups in total. The molecule has 0 aliphatic carbocycles. The van der Waals surface area contributed by atoms with Crippen LogP contribution in [0.4, 0.5) is 20.7 Å². The number of amides is 2. The number of urea groups is 1. The predicted molar refractivity (Wildman–Crippen MR) is 110 cm³/mol. The molecule has 2 aromatic carbocycles. The van der Waals surface area contributed by atoms with Crippen molar-refractivity contribution in [2.75, 3.05) is 23.5 Å². The smallest absolute Gasteiger partial charge is 0.349 e. The second kappa shape index (κ2) is 7.04. The average Bonchev–Trinajstić information content (AvgIpc) is 2.72. The Morgan fingerprint density at radius 3 is 2.48 bits per heavy atom. The van der Waals surface area contributed by atoms with Crippen LogP contribution in [0.5, 0.6) is 5.75 Å². The minimum Gasteiger partial charge on any atom is -0.497 e. The number of methoxy groups -OCH3 is 1. The van der Waals surface area contributed by atoms with Crippen LogP contribution >= 0.6 is 11.6 Å². The Bertz CT molecular complexity index is 1190. The topological polar surface area (TPSA) is 67.7 Å². The second-order valence-electron chi connectivity index (χ2n) is 6.65. The van der Waals surface area contributed by atoms with Gasteiger partial charge in [0, 0.05) is 13.6 Å². The van der Waals surface area contributed by atoms with Crippen molar-refractivity contribution in [3.8, 4) is 5.75 Å². The number of aromatic nitrogens is 2. The lowest BCUT2D eigenvalue weighted by molar-refractivity contribution is 0.250. The molecule has 2 heterocycles. The fourth-order valence-electron chi connectivity index (χ4n) is 3.54. The van der Waals surface area contributed by atoms with E-state index in [9.17, 15) is 9.59 Å². The quantitative estimate of drug-likeness (QED) is 0.650. The molecule has 150 valence electrons. The van der Waals surface area contributed by atoms with E-state index in [1.807, 2.05) is 0 Å². The van der Waals surface area contributed by atoms with E-state index in [2.05, 4.69) is 4.98 Å². The standard InChI is InChI=1S/C20H18ClFN4O3/c1-4-25-18-15-14(24(2)19(27)23-18)9-13(21)16(22)17(15)26(20(25)28)10-11-5-7-12(29-3)8-6-11/h5-9H,4,10H2,1-3H3. The zero-order valence-corrected chi connectivity index (χ0v) is 16.8. The number of aryl methyl sites for hydroxylation is 1. The van der Waals surface area contributed by atoms with Gasteiger partial charge in [-0.2, -0.15) is 4.98 Å². The van der Waals surface area contributed by atoms with Crippen molar-refractivity contribution < 1.29 is 13.9 Å². The molecule has 4 rings (SSSR count). The highest BCUT2D eigenvalue weighted by atomic mass is 35.5. The van der Waals surface area contributed by atoms with Crippen LogP contribution in [0.3, 0.4) is 0 Å². The van der Waals surface area contributed by atoms with Crippen molar-refractivity contribution in [1.29, 1.82) is 0 Å². The summed E-state index contributed by atoms with van der Waals surface area (Å²) in [6.45, 7) is 2.16. The van der Waals surface area contributed by atoms with E-state index in [1.165, 1.54) is 27.5 Å². The summed E-state index contributed by atoms with van der Waals surface area (Å²) in [7, 11) is 3.10. The highest BCUT2D eigenvalue weighted by Crippen LogP contribution is 2.42. The maximum atomic E-state index is 15.2. The van der Waals surface area contributed by atoms with Gasteiger partial charge in [-0.05, 0) is 30.7 Å². The monoisotopic (exact) mass is 416 g/mol. The van der Waals surface area contributed by atoms with E-state index >= 15 is 4.39 Å². The normalized spacial score (nSPS) is 13.3. The second-order valence-corrected chi connectivity index (χ2v) is 7.06. The molecular weight excluding hydrogens is 399 g/mol. The van der Waals surface area contributed by atoms with Gasteiger partial charge in [-0.15, -0.1) is 0 Å². The van der Waals surface area contributed by atoms with E-state index in [-0.39, 0.29) is 29.6 Å². The zero-order chi connectivity index (χ0) is 20.9. The van der Waals surface area contributed by atoms with Gasteiger partial charge < -0.3 is 4.74 Å². The van der Waals surface area contributed by atoms with Gasteiger partial charge >= 0.3 is 11.7 Å². The molecule has 1 aliphatic heterocycles. The third kappa shape index (κ3) is 2.91. The Kier molecular flexibility index (Phi) is 4.66. The Balaban J connectivity index is 1.98. The van der Waals surface area contributed by atoms with E-state index in [1.54, 1.807) is 38.3 Å². The summed E-state index contributed by atoms with van der Waals surface area (Å²) in [6.07, 6.45) is 0. The van der Waals surface area contributed by atoms with E-state index in [0.717, 1.165) is 5.56 Å². The molecule has 1 aromatic heterocycles. The van der Waals surface area contributed by atoms with Crippen molar-refractivity contribution >= 4 is 40.0 Å². The number of benzene rings is 2. The first-order valence-corrected chi connectivity index (χ1v) is 9.35. The highest BCUT2D eigenvalue weighted by molar-refractivity contribution is 6.33. The van der Waals surface area contributed by atoms with Crippen LogP contribution in [0, 0.1) is 5.82 Å². The van der Waals surface area contributed by atoms with Crippen LogP contribution in [-0.4, -0.2) is 29.2 Å². The first-order chi connectivity index (χ1) is 13.9. The van der Waals surface area contributed by atoms with E-state index in [4.69, 9.17) is 16.3 Å². The van der Waals surface area contributed by atoms with Gasteiger partial charge in [0.2, 0.25) is 0 Å². The lowest BCUT2D eigenvalue weighted by Crippen LogP contribution is -2.47. The minimum absolute atomic E-state index is 0.0242. The molecule has 0 saturated heterocycles. The molecule has 0 saturated carbocycles. The van der Waals surface area contributed by atoms with Crippen molar-refractivity contribution in [3.05, 3.63) is 57.2 Å². The molecule has 1 aliphatic rings. The van der Waals surface area contributed by atoms with Gasteiger partial charge in [-0.25, -0.2) is 14.0 Å². The van der Waals surface area contributed by atoms with Crippen molar-refractivity contribution in [1.82, 2.24) is 9.55 Å². The van der Waals surface area contributed by atoms with Gasteiger partial charge in [0.05, 0.1) is 35.3 Å². The van der Waals surface area contributed by atoms with Gasteiger partial charge in [0.25, 0.3) is 0 Å². The molecule has 0 unspecified atom stereocenters. The highest BCUT2D eigenvalue weighted by Gasteiger charge is 2.36. The summed E-state index contributed by atoms with van der Waals surface area (Å²) in [4.78, 5) is 32.2. The largest absolute Gasteiger partial charge is 0.497 e. The molecule has 7 nitrogen and oxygen atoms in total. The summed E-state index contributed by atoms with van der Waals surface area (Å²) >= 11 is 6.12. The van der Waals surface area contributed by atoms with Crippen LogP contribution < -0.4 is 20.2 Å². The average molecular weight is 417 g/mol. The molecular formula is C20H18ClFN4O3. The van der Waals surface area contributed by atoms with Crippen molar-refractivity contribution in [3.63, 3.8) is 0 Å². The van der Waals surface area contributed by atoms with Crippen LogP contribution in [-0.2, 0) is 13.6 Å². The third-order valence-electron chi connectivity index (χ3n) is 5.05. The first-order valence-electron chi connectivity index (χ1n) is 8.98. The number of carbonyl (C=O) groups excluding carboxylic acids is 1. The molecule has 0 fully saturated rings. The zero-order valence-electron chi connectivity index (χ0n) is 16.1. The number of rotatable bonds is 4. The molecule has 3 aromatic rings. The number of hydrogen-bond donors (Lipinski definition) is 0. The maximum Gasteiger partial charge on any atom is 0.349 e. The Morgan fingerprint density at radius 2 is 1.86 bits per heavy atom. The van der Waals surface area contributed by atoms with Crippen LogP contribution in [0.1, 0.15) is 12.5 Å². The molecule has 9 heteroatoms. The summed E-state index contributed by atoms with van der Waals surface area (Å²) in [5.41, 5.74) is 0.670. The summed E-state index contributed by atoms with van der Waals surface area (Å²) in [6, 6.07) is 8.05. The van der Waals surface area contributed by atoms with Crippen molar-refractivity contribution in [2.45, 2.75) is 13.5 Å². The number of ether oxygens (including phenoxy) is 1. The third-order valence-corrected chi connectivity index (χ3v) is 5.33. The van der Waals surface area contributed by atoms with Gasteiger partial charge in [-0.1, -0.05) is 23.7 Å². The Morgan fingerprint density at radius 1 is 1.17 bits per heavy atom. The summed E-state index contributed by atoms with van der Waals surface area (Å²) < 4.78 is 21.6. The maximum absolute atomic E-state index is 15.2. The number of carbonyl (C=O) groups is 1. The number of halogens is 2.